The van der Waals surface area contributed by atoms with Crippen molar-refractivity contribution in [1.82, 2.24) is 15.6 Å². The second-order valence-electron chi connectivity index (χ2n) is 6.40. The average Bonchev–Trinajstić information content (AvgIpc) is 2.66. The van der Waals surface area contributed by atoms with E-state index in [2.05, 4.69) is 64.8 Å². The lowest BCUT2D eigenvalue weighted by Crippen LogP contribution is -2.45. The van der Waals surface area contributed by atoms with Gasteiger partial charge in [0.2, 0.25) is 0 Å². The van der Waals surface area contributed by atoms with Crippen molar-refractivity contribution in [2.75, 3.05) is 13.6 Å². The normalized spacial score (nSPS) is 12.1. The van der Waals surface area contributed by atoms with Gasteiger partial charge in [-0.2, -0.15) is 0 Å². The summed E-state index contributed by atoms with van der Waals surface area (Å²) in [4.78, 5) is 8.88. The molecule has 0 aliphatic rings. The fraction of sp³-hybridized carbons (Fsp3) is 0.429. The lowest BCUT2D eigenvalue weighted by atomic mass is 9.76. The van der Waals surface area contributed by atoms with Gasteiger partial charge in [-0.15, -0.1) is 0 Å². The highest BCUT2D eigenvalue weighted by Crippen LogP contribution is 2.30. The lowest BCUT2D eigenvalue weighted by molar-refractivity contribution is 0.389. The van der Waals surface area contributed by atoms with E-state index < -0.39 is 0 Å². The standard InChI is InChI=1S/C21H30N4/c1-5-21(6-2,18-12-8-7-9-13-18)16-24-20(22-4)23-15-19-14-10-11-17(3)25-19/h7-14H,5-6,15-16H2,1-4H3,(H2,22,23,24). The van der Waals surface area contributed by atoms with E-state index in [0.717, 1.165) is 36.7 Å². The third kappa shape index (κ3) is 5.05. The zero-order valence-corrected chi connectivity index (χ0v) is 15.8. The summed E-state index contributed by atoms with van der Waals surface area (Å²) in [6, 6.07) is 16.8. The van der Waals surface area contributed by atoms with E-state index in [4.69, 9.17) is 0 Å². The molecule has 0 saturated carbocycles. The Morgan fingerprint density at radius 1 is 1.00 bits per heavy atom. The van der Waals surface area contributed by atoms with Gasteiger partial charge < -0.3 is 10.6 Å². The van der Waals surface area contributed by atoms with Gasteiger partial charge in [-0.25, -0.2) is 0 Å². The van der Waals surface area contributed by atoms with Crippen molar-refractivity contribution in [3.63, 3.8) is 0 Å². The van der Waals surface area contributed by atoms with Crippen molar-refractivity contribution < 1.29 is 0 Å². The SMILES string of the molecule is CCC(CC)(CNC(=NC)NCc1cccc(C)n1)c1ccccc1. The maximum Gasteiger partial charge on any atom is 0.191 e. The molecule has 0 saturated heterocycles. The van der Waals surface area contributed by atoms with E-state index in [1.807, 2.05) is 25.1 Å². The maximum atomic E-state index is 4.52. The third-order valence-corrected chi connectivity index (χ3v) is 4.94. The van der Waals surface area contributed by atoms with Crippen LogP contribution in [-0.2, 0) is 12.0 Å². The predicted octanol–water partition coefficient (Wildman–Crippen LogP) is 3.81. The van der Waals surface area contributed by atoms with Crippen LogP contribution < -0.4 is 10.6 Å². The van der Waals surface area contributed by atoms with Crippen molar-refractivity contribution in [2.24, 2.45) is 4.99 Å². The van der Waals surface area contributed by atoms with Gasteiger partial charge in [0.05, 0.1) is 12.2 Å². The summed E-state index contributed by atoms with van der Waals surface area (Å²) >= 11 is 0. The van der Waals surface area contributed by atoms with Crippen molar-refractivity contribution in [2.45, 2.75) is 45.6 Å². The number of hydrogen-bond donors (Lipinski definition) is 2. The molecular formula is C21H30N4. The van der Waals surface area contributed by atoms with E-state index in [0.29, 0.717) is 6.54 Å². The quantitative estimate of drug-likeness (QED) is 0.596. The first-order chi connectivity index (χ1) is 12.1. The summed E-state index contributed by atoms with van der Waals surface area (Å²) in [6.07, 6.45) is 2.16. The summed E-state index contributed by atoms with van der Waals surface area (Å²) < 4.78 is 0. The Hall–Kier alpha value is -2.36. The number of aromatic nitrogens is 1. The van der Waals surface area contributed by atoms with Gasteiger partial charge in [0.15, 0.2) is 5.96 Å². The first-order valence-corrected chi connectivity index (χ1v) is 9.06. The third-order valence-electron chi connectivity index (χ3n) is 4.94. The number of nitrogens with one attached hydrogen (secondary N) is 2. The Bertz CT molecular complexity index is 675. The van der Waals surface area contributed by atoms with Gasteiger partial charge in [0.1, 0.15) is 0 Å². The molecule has 0 aliphatic carbocycles. The minimum absolute atomic E-state index is 0.112. The van der Waals surface area contributed by atoms with Crippen LogP contribution in [0.15, 0.2) is 53.5 Å². The molecule has 0 radical (unpaired) electrons. The minimum atomic E-state index is 0.112. The van der Waals surface area contributed by atoms with E-state index in [-0.39, 0.29) is 5.41 Å². The van der Waals surface area contributed by atoms with Crippen LogP contribution in [0.1, 0.15) is 43.6 Å². The first-order valence-electron chi connectivity index (χ1n) is 9.06. The Labute approximate surface area is 151 Å². The number of guanidine groups is 1. The van der Waals surface area contributed by atoms with Crippen molar-refractivity contribution in [3.05, 3.63) is 65.5 Å². The average molecular weight is 338 g/mol. The van der Waals surface area contributed by atoms with Crippen molar-refractivity contribution in [3.8, 4) is 0 Å². The van der Waals surface area contributed by atoms with Crippen LogP contribution in [0.3, 0.4) is 0 Å². The van der Waals surface area contributed by atoms with E-state index in [1.54, 1.807) is 7.05 Å². The number of nitrogens with zero attached hydrogens (tertiary/aromatic N) is 2. The summed E-state index contributed by atoms with van der Waals surface area (Å²) in [6.45, 7) is 8.03. The maximum absolute atomic E-state index is 4.52. The smallest absolute Gasteiger partial charge is 0.191 e. The number of benzene rings is 1. The van der Waals surface area contributed by atoms with Crippen LogP contribution in [-0.4, -0.2) is 24.5 Å². The molecule has 25 heavy (non-hydrogen) atoms. The fourth-order valence-corrected chi connectivity index (χ4v) is 3.15. The molecule has 0 atom stereocenters. The molecule has 0 spiro atoms. The highest BCUT2D eigenvalue weighted by Gasteiger charge is 2.28. The minimum Gasteiger partial charge on any atom is -0.356 e. The molecule has 134 valence electrons. The molecule has 1 aromatic carbocycles. The molecule has 1 aromatic heterocycles. The van der Waals surface area contributed by atoms with Gasteiger partial charge in [0, 0.05) is 24.7 Å². The Balaban J connectivity index is 2.00. The number of hydrogen-bond acceptors (Lipinski definition) is 2. The van der Waals surface area contributed by atoms with Crippen LogP contribution in [0.5, 0.6) is 0 Å². The van der Waals surface area contributed by atoms with Crippen LogP contribution in [0, 0.1) is 6.92 Å². The Morgan fingerprint density at radius 3 is 2.32 bits per heavy atom. The molecule has 2 N–H and O–H groups in total. The topological polar surface area (TPSA) is 49.3 Å². The highest BCUT2D eigenvalue weighted by molar-refractivity contribution is 5.79. The molecule has 0 bridgehead atoms. The lowest BCUT2D eigenvalue weighted by Gasteiger charge is -2.33. The van der Waals surface area contributed by atoms with Crippen molar-refractivity contribution >= 4 is 5.96 Å². The van der Waals surface area contributed by atoms with Gasteiger partial charge in [-0.1, -0.05) is 50.2 Å². The monoisotopic (exact) mass is 338 g/mol. The van der Waals surface area contributed by atoms with Crippen LogP contribution in [0.2, 0.25) is 0 Å². The molecule has 4 nitrogen and oxygen atoms in total. The summed E-state index contributed by atoms with van der Waals surface area (Å²) in [5, 5.41) is 6.87. The molecule has 0 fully saturated rings. The van der Waals surface area contributed by atoms with Crippen LogP contribution >= 0.6 is 0 Å². The van der Waals surface area contributed by atoms with E-state index in [1.165, 1.54) is 5.56 Å². The second-order valence-corrected chi connectivity index (χ2v) is 6.40. The van der Waals surface area contributed by atoms with Crippen molar-refractivity contribution in [1.29, 1.82) is 0 Å². The first kappa shape index (κ1) is 19.0. The molecule has 1 heterocycles. The molecule has 0 amide bonds. The Kier molecular flexibility index (Phi) is 6.99. The van der Waals surface area contributed by atoms with Crippen LogP contribution in [0.25, 0.3) is 0 Å². The highest BCUT2D eigenvalue weighted by atomic mass is 15.2. The van der Waals surface area contributed by atoms with E-state index >= 15 is 0 Å². The summed E-state index contributed by atoms with van der Waals surface area (Å²) in [7, 11) is 1.81. The zero-order valence-electron chi connectivity index (χ0n) is 15.8. The molecule has 0 aliphatic heterocycles. The number of pyridine rings is 1. The zero-order chi connectivity index (χ0) is 18.1. The number of aryl methyl sites for hydroxylation is 1. The summed E-state index contributed by atoms with van der Waals surface area (Å²) in [5.41, 5.74) is 3.54. The van der Waals surface area contributed by atoms with E-state index in [9.17, 15) is 0 Å². The van der Waals surface area contributed by atoms with Gasteiger partial charge >= 0.3 is 0 Å². The van der Waals surface area contributed by atoms with Gasteiger partial charge in [0.25, 0.3) is 0 Å². The molecule has 0 unspecified atom stereocenters. The molecule has 4 heteroatoms. The van der Waals surface area contributed by atoms with Gasteiger partial charge in [-0.3, -0.25) is 9.98 Å². The van der Waals surface area contributed by atoms with Crippen LogP contribution in [0.4, 0.5) is 0 Å². The Morgan fingerprint density at radius 2 is 1.72 bits per heavy atom. The number of aliphatic imine (C=N–C) groups is 1. The number of rotatable bonds is 7. The molecular weight excluding hydrogens is 308 g/mol. The fourth-order valence-electron chi connectivity index (χ4n) is 3.15. The molecule has 2 rings (SSSR count). The summed E-state index contributed by atoms with van der Waals surface area (Å²) in [5.74, 6) is 0.811. The predicted molar refractivity (Wildman–Crippen MR) is 106 cm³/mol. The largest absolute Gasteiger partial charge is 0.356 e. The van der Waals surface area contributed by atoms with Gasteiger partial charge in [-0.05, 0) is 37.5 Å². The second kappa shape index (κ2) is 9.21. The molecule has 2 aromatic rings.